The van der Waals surface area contributed by atoms with Gasteiger partial charge in [0.05, 0.1) is 12.4 Å². The molecule has 2 aliphatic heterocycles. The molecule has 1 aromatic heterocycles. The minimum atomic E-state index is 0.0167. The number of hydrogen-bond donors (Lipinski definition) is 1. The van der Waals surface area contributed by atoms with Crippen LogP contribution in [0, 0.1) is 5.92 Å². The summed E-state index contributed by atoms with van der Waals surface area (Å²) in [6, 6.07) is 0.815. The first-order valence-electron chi connectivity index (χ1n) is 10.4. The van der Waals surface area contributed by atoms with Gasteiger partial charge in [0.15, 0.2) is 0 Å². The molecule has 3 fully saturated rings. The molecule has 1 atom stereocenters. The number of nitrogens with zero attached hydrogens (tertiary/aromatic N) is 4. The Morgan fingerprint density at radius 2 is 1.85 bits per heavy atom. The Labute approximate surface area is 156 Å². The monoisotopic (exact) mass is 357 g/mol. The van der Waals surface area contributed by atoms with Crippen LogP contribution >= 0.6 is 0 Å². The average molecular weight is 358 g/mol. The summed E-state index contributed by atoms with van der Waals surface area (Å²) in [6.07, 6.45) is 13.7. The molecule has 3 heterocycles. The molecule has 1 N–H and O–H groups in total. The third kappa shape index (κ3) is 4.17. The Morgan fingerprint density at radius 3 is 2.65 bits per heavy atom. The predicted octanol–water partition coefficient (Wildman–Crippen LogP) is 2.78. The van der Waals surface area contributed by atoms with Gasteiger partial charge in [0, 0.05) is 32.2 Å². The van der Waals surface area contributed by atoms with E-state index in [0.717, 1.165) is 44.3 Å². The van der Waals surface area contributed by atoms with Gasteiger partial charge in [0.25, 0.3) is 5.91 Å². The van der Waals surface area contributed by atoms with E-state index in [1.807, 2.05) is 4.90 Å². The van der Waals surface area contributed by atoms with Crippen LogP contribution in [0.3, 0.4) is 0 Å². The van der Waals surface area contributed by atoms with Crippen LogP contribution in [0.2, 0.25) is 0 Å². The Morgan fingerprint density at radius 1 is 1.04 bits per heavy atom. The van der Waals surface area contributed by atoms with E-state index in [1.54, 1.807) is 12.4 Å². The van der Waals surface area contributed by atoms with Gasteiger partial charge in [-0.1, -0.05) is 19.3 Å². The molecule has 3 aliphatic rings. The molecule has 6 heteroatoms. The highest BCUT2D eigenvalue weighted by atomic mass is 16.2. The van der Waals surface area contributed by atoms with E-state index < -0.39 is 0 Å². The number of likely N-dealkylation sites (tertiary alicyclic amines) is 2. The van der Waals surface area contributed by atoms with Crippen molar-refractivity contribution in [3.05, 3.63) is 18.1 Å². The second kappa shape index (κ2) is 8.33. The molecule has 2 saturated heterocycles. The SMILES string of the molecule is O=C(c1cncc(NCC2CCN(C3CCCCC3)C2)n1)N1CCCC1. The normalized spacial score (nSPS) is 24.9. The molecular formula is C20H31N5O. The van der Waals surface area contributed by atoms with Gasteiger partial charge in [-0.05, 0) is 44.6 Å². The highest BCUT2D eigenvalue weighted by molar-refractivity contribution is 5.92. The summed E-state index contributed by atoms with van der Waals surface area (Å²) in [7, 11) is 0. The third-order valence-electron chi connectivity index (χ3n) is 6.23. The Balaban J connectivity index is 1.28. The van der Waals surface area contributed by atoms with Crippen LogP contribution in [0.5, 0.6) is 0 Å². The van der Waals surface area contributed by atoms with Crippen molar-refractivity contribution in [2.75, 3.05) is 38.0 Å². The summed E-state index contributed by atoms with van der Waals surface area (Å²) in [5.41, 5.74) is 0.465. The van der Waals surface area contributed by atoms with E-state index in [1.165, 1.54) is 51.6 Å². The molecule has 1 aromatic rings. The molecule has 0 aromatic carbocycles. The van der Waals surface area contributed by atoms with Crippen LogP contribution in [0.4, 0.5) is 5.82 Å². The van der Waals surface area contributed by atoms with Gasteiger partial charge in [-0.25, -0.2) is 4.98 Å². The fourth-order valence-electron chi connectivity index (χ4n) is 4.69. The fraction of sp³-hybridized carbons (Fsp3) is 0.750. The molecule has 0 bridgehead atoms. The predicted molar refractivity (Wildman–Crippen MR) is 102 cm³/mol. The minimum Gasteiger partial charge on any atom is -0.368 e. The molecule has 142 valence electrons. The van der Waals surface area contributed by atoms with E-state index >= 15 is 0 Å². The minimum absolute atomic E-state index is 0.0167. The average Bonchev–Trinajstić information content (AvgIpc) is 3.39. The quantitative estimate of drug-likeness (QED) is 0.878. The molecule has 1 amide bonds. The molecule has 1 aliphatic carbocycles. The summed E-state index contributed by atoms with van der Waals surface area (Å²) < 4.78 is 0. The zero-order valence-corrected chi connectivity index (χ0v) is 15.7. The lowest BCUT2D eigenvalue weighted by Crippen LogP contribution is -2.35. The summed E-state index contributed by atoms with van der Waals surface area (Å²) in [4.78, 5) is 25.8. The van der Waals surface area contributed by atoms with Crippen LogP contribution < -0.4 is 5.32 Å². The number of carbonyl (C=O) groups is 1. The third-order valence-corrected chi connectivity index (χ3v) is 6.23. The number of rotatable bonds is 5. The molecule has 0 radical (unpaired) electrons. The van der Waals surface area contributed by atoms with Crippen molar-refractivity contribution >= 4 is 11.7 Å². The lowest BCUT2D eigenvalue weighted by atomic mass is 9.94. The van der Waals surface area contributed by atoms with E-state index in [4.69, 9.17) is 0 Å². The summed E-state index contributed by atoms with van der Waals surface area (Å²) in [5, 5.41) is 3.42. The van der Waals surface area contributed by atoms with Gasteiger partial charge in [-0.15, -0.1) is 0 Å². The summed E-state index contributed by atoms with van der Waals surface area (Å²) >= 11 is 0. The van der Waals surface area contributed by atoms with Crippen LogP contribution in [0.15, 0.2) is 12.4 Å². The smallest absolute Gasteiger partial charge is 0.274 e. The summed E-state index contributed by atoms with van der Waals surface area (Å²) in [5.74, 6) is 1.41. The van der Waals surface area contributed by atoms with Crippen molar-refractivity contribution in [1.29, 1.82) is 0 Å². The Hall–Kier alpha value is -1.69. The van der Waals surface area contributed by atoms with Crippen molar-refractivity contribution in [1.82, 2.24) is 19.8 Å². The number of carbonyl (C=O) groups excluding carboxylic acids is 1. The molecule has 0 spiro atoms. The molecule has 1 unspecified atom stereocenters. The van der Waals surface area contributed by atoms with Gasteiger partial charge in [0.2, 0.25) is 0 Å². The lowest BCUT2D eigenvalue weighted by Gasteiger charge is -2.31. The lowest BCUT2D eigenvalue weighted by molar-refractivity contribution is 0.0786. The number of amides is 1. The molecular weight excluding hydrogens is 326 g/mol. The van der Waals surface area contributed by atoms with E-state index in [-0.39, 0.29) is 5.91 Å². The van der Waals surface area contributed by atoms with Crippen LogP contribution in [0.1, 0.15) is 61.9 Å². The molecule has 1 saturated carbocycles. The van der Waals surface area contributed by atoms with Crippen LogP contribution in [-0.2, 0) is 0 Å². The van der Waals surface area contributed by atoms with Gasteiger partial charge < -0.3 is 15.1 Å². The van der Waals surface area contributed by atoms with E-state index in [2.05, 4.69) is 20.2 Å². The molecule has 4 rings (SSSR count). The first-order valence-corrected chi connectivity index (χ1v) is 10.4. The largest absolute Gasteiger partial charge is 0.368 e. The highest BCUT2D eigenvalue weighted by Gasteiger charge is 2.29. The zero-order valence-electron chi connectivity index (χ0n) is 15.7. The van der Waals surface area contributed by atoms with Gasteiger partial charge >= 0.3 is 0 Å². The summed E-state index contributed by atoms with van der Waals surface area (Å²) in [6.45, 7) is 5.03. The Kier molecular flexibility index (Phi) is 5.68. The fourth-order valence-corrected chi connectivity index (χ4v) is 4.69. The second-order valence-corrected chi connectivity index (χ2v) is 8.11. The van der Waals surface area contributed by atoms with Gasteiger partial charge in [-0.2, -0.15) is 0 Å². The standard InChI is InChI=1S/C20H31N5O/c26-20(24-9-4-5-10-24)18-13-21-14-19(23-18)22-12-16-8-11-25(15-16)17-6-2-1-3-7-17/h13-14,16-17H,1-12,15H2,(H,22,23). The van der Waals surface area contributed by atoms with Crippen molar-refractivity contribution in [2.24, 2.45) is 5.92 Å². The van der Waals surface area contributed by atoms with Gasteiger partial charge in [0.1, 0.15) is 11.5 Å². The molecule has 6 nitrogen and oxygen atoms in total. The number of nitrogens with one attached hydrogen (secondary N) is 1. The number of anilines is 1. The van der Waals surface area contributed by atoms with Crippen molar-refractivity contribution < 1.29 is 4.79 Å². The highest BCUT2D eigenvalue weighted by Crippen LogP contribution is 2.27. The molecule has 26 heavy (non-hydrogen) atoms. The number of aromatic nitrogens is 2. The van der Waals surface area contributed by atoms with Crippen molar-refractivity contribution in [2.45, 2.75) is 57.4 Å². The van der Waals surface area contributed by atoms with E-state index in [0.29, 0.717) is 11.6 Å². The van der Waals surface area contributed by atoms with Gasteiger partial charge in [-0.3, -0.25) is 9.78 Å². The topological polar surface area (TPSA) is 61.4 Å². The first-order chi connectivity index (χ1) is 12.8. The van der Waals surface area contributed by atoms with Crippen LogP contribution in [0.25, 0.3) is 0 Å². The Bertz CT molecular complexity index is 610. The number of hydrogen-bond acceptors (Lipinski definition) is 5. The van der Waals surface area contributed by atoms with E-state index in [9.17, 15) is 4.79 Å². The maximum absolute atomic E-state index is 12.5. The maximum atomic E-state index is 12.5. The second-order valence-electron chi connectivity index (χ2n) is 8.11. The van der Waals surface area contributed by atoms with Crippen LogP contribution in [-0.4, -0.2) is 64.4 Å². The maximum Gasteiger partial charge on any atom is 0.274 e. The van der Waals surface area contributed by atoms with Crippen molar-refractivity contribution in [3.63, 3.8) is 0 Å². The first kappa shape index (κ1) is 17.7. The zero-order chi connectivity index (χ0) is 17.8. The van der Waals surface area contributed by atoms with Crippen molar-refractivity contribution in [3.8, 4) is 0 Å².